The first-order valence-corrected chi connectivity index (χ1v) is 11.8. The third kappa shape index (κ3) is 5.14. The summed E-state index contributed by atoms with van der Waals surface area (Å²) in [5.41, 5.74) is 4.09. The molecule has 0 bridgehead atoms. The van der Waals surface area contributed by atoms with Gasteiger partial charge >= 0.3 is 12.0 Å². The minimum atomic E-state index is -0.403. The van der Waals surface area contributed by atoms with E-state index in [0.29, 0.717) is 24.4 Å². The molecule has 3 aromatic rings. The highest BCUT2D eigenvalue weighted by molar-refractivity contribution is 7.98. The summed E-state index contributed by atoms with van der Waals surface area (Å²) >= 11 is 1.68. The van der Waals surface area contributed by atoms with Crippen molar-refractivity contribution in [1.82, 2.24) is 4.90 Å². The fraction of sp³-hybridized carbons (Fsp3) is 0.231. The Balaban J connectivity index is 1.47. The number of nitrogens with zero attached hydrogens (tertiary/aromatic N) is 2. The number of benzene rings is 3. The van der Waals surface area contributed by atoms with Gasteiger partial charge in [0.15, 0.2) is 0 Å². The van der Waals surface area contributed by atoms with E-state index in [2.05, 4.69) is 12.1 Å². The number of methoxy groups -OCH3 is 1. The molecule has 4 rings (SSSR count). The summed E-state index contributed by atoms with van der Waals surface area (Å²) in [6, 6.07) is 20.9. The maximum Gasteiger partial charge on any atom is 0.338 e. The number of carbonyl (C=O) groups is 2. The van der Waals surface area contributed by atoms with E-state index in [1.165, 1.54) is 4.90 Å². The van der Waals surface area contributed by atoms with Gasteiger partial charge in [0.25, 0.3) is 0 Å². The molecular weight excluding hydrogens is 436 g/mol. The fourth-order valence-corrected chi connectivity index (χ4v) is 4.23. The topological polar surface area (TPSA) is 59.1 Å². The number of hydrogen-bond donors (Lipinski definition) is 0. The van der Waals surface area contributed by atoms with Crippen molar-refractivity contribution in [1.29, 1.82) is 0 Å². The summed E-state index contributed by atoms with van der Waals surface area (Å²) in [7, 11) is 3.35. The third-order valence-corrected chi connectivity index (χ3v) is 6.38. The molecule has 0 saturated carbocycles. The molecule has 6 nitrogen and oxygen atoms in total. The summed E-state index contributed by atoms with van der Waals surface area (Å²) < 4.78 is 10.7. The van der Waals surface area contributed by atoms with Gasteiger partial charge in [-0.15, -0.1) is 11.8 Å². The Morgan fingerprint density at radius 3 is 2.55 bits per heavy atom. The molecule has 0 spiro atoms. The Kier molecular flexibility index (Phi) is 6.89. The molecule has 170 valence electrons. The van der Waals surface area contributed by atoms with Crippen molar-refractivity contribution < 1.29 is 19.1 Å². The highest BCUT2D eigenvalue weighted by Crippen LogP contribution is 2.30. The predicted molar refractivity (Wildman–Crippen MR) is 130 cm³/mol. The SMILES string of the molecule is COc1cccc(COC(=O)c2ccc3c(c2)CN(Cc2ccc(SC)cc2)C(=O)N3C)c1. The van der Waals surface area contributed by atoms with Crippen LogP contribution < -0.4 is 9.64 Å². The van der Waals surface area contributed by atoms with E-state index in [0.717, 1.165) is 22.4 Å². The van der Waals surface area contributed by atoms with Crippen LogP contribution in [0.2, 0.25) is 0 Å². The lowest BCUT2D eigenvalue weighted by Gasteiger charge is -2.35. The lowest BCUT2D eigenvalue weighted by molar-refractivity contribution is 0.0472. The molecule has 3 aromatic carbocycles. The van der Waals surface area contributed by atoms with Gasteiger partial charge < -0.3 is 14.4 Å². The van der Waals surface area contributed by atoms with Gasteiger partial charge in [-0.25, -0.2) is 9.59 Å². The van der Waals surface area contributed by atoms with Gasteiger partial charge in [-0.05, 0) is 65.4 Å². The van der Waals surface area contributed by atoms with Crippen LogP contribution in [-0.4, -0.2) is 37.3 Å². The molecule has 2 amide bonds. The first-order valence-electron chi connectivity index (χ1n) is 10.6. The van der Waals surface area contributed by atoms with Gasteiger partial charge in [0, 0.05) is 25.0 Å². The number of thioether (sulfide) groups is 1. The van der Waals surface area contributed by atoms with E-state index >= 15 is 0 Å². The second-order valence-electron chi connectivity index (χ2n) is 7.82. The fourth-order valence-electron chi connectivity index (χ4n) is 3.82. The van der Waals surface area contributed by atoms with Gasteiger partial charge in [-0.1, -0.05) is 24.3 Å². The van der Waals surface area contributed by atoms with Gasteiger partial charge in [-0.2, -0.15) is 0 Å². The van der Waals surface area contributed by atoms with Crippen LogP contribution in [0.5, 0.6) is 5.75 Å². The normalized spacial score (nSPS) is 13.0. The van der Waals surface area contributed by atoms with E-state index in [1.54, 1.807) is 47.9 Å². The van der Waals surface area contributed by atoms with E-state index < -0.39 is 5.97 Å². The molecule has 1 aliphatic rings. The third-order valence-electron chi connectivity index (χ3n) is 5.63. The van der Waals surface area contributed by atoms with E-state index in [-0.39, 0.29) is 12.6 Å². The molecule has 7 heteroatoms. The Bertz CT molecular complexity index is 1160. The van der Waals surface area contributed by atoms with Crippen LogP contribution in [0.25, 0.3) is 0 Å². The van der Waals surface area contributed by atoms with Crippen LogP contribution in [0.15, 0.2) is 71.6 Å². The maximum atomic E-state index is 12.9. The quantitative estimate of drug-likeness (QED) is 0.350. The van der Waals surface area contributed by atoms with Gasteiger partial charge in [-0.3, -0.25) is 4.90 Å². The Hall–Kier alpha value is -3.45. The molecule has 0 aromatic heterocycles. The molecule has 0 radical (unpaired) electrons. The van der Waals surface area contributed by atoms with E-state index in [9.17, 15) is 9.59 Å². The van der Waals surface area contributed by atoms with Crippen molar-refractivity contribution >= 4 is 29.4 Å². The van der Waals surface area contributed by atoms with Crippen LogP contribution in [-0.2, 0) is 24.4 Å². The molecule has 1 aliphatic heterocycles. The number of ether oxygens (including phenoxy) is 2. The Morgan fingerprint density at radius 2 is 1.82 bits per heavy atom. The molecule has 0 aliphatic carbocycles. The standard InChI is InChI=1S/C26H26N2O4S/c1-27-24-12-9-20(25(29)32-17-19-5-4-6-22(13-19)31-2)14-21(24)16-28(26(27)30)15-18-7-10-23(33-3)11-8-18/h4-14H,15-17H2,1-3H3. The average Bonchev–Trinajstić information content (AvgIpc) is 2.86. The van der Waals surface area contributed by atoms with Crippen LogP contribution >= 0.6 is 11.8 Å². The van der Waals surface area contributed by atoms with Crippen LogP contribution in [0.4, 0.5) is 10.5 Å². The van der Waals surface area contributed by atoms with Crippen molar-refractivity contribution in [3.63, 3.8) is 0 Å². The second kappa shape index (κ2) is 10.0. The zero-order valence-corrected chi connectivity index (χ0v) is 19.7. The molecule has 0 N–H and O–H groups in total. The second-order valence-corrected chi connectivity index (χ2v) is 8.70. The van der Waals surface area contributed by atoms with Crippen molar-refractivity contribution in [2.75, 3.05) is 25.3 Å². The molecule has 0 atom stereocenters. The number of urea groups is 1. The van der Waals surface area contributed by atoms with Crippen LogP contribution in [0.3, 0.4) is 0 Å². The van der Waals surface area contributed by atoms with Crippen molar-refractivity contribution in [2.24, 2.45) is 0 Å². The molecule has 0 saturated heterocycles. The predicted octanol–water partition coefficient (Wildman–Crippen LogP) is 5.35. The lowest BCUT2D eigenvalue weighted by atomic mass is 10.0. The Morgan fingerprint density at radius 1 is 1.03 bits per heavy atom. The molecule has 33 heavy (non-hydrogen) atoms. The van der Waals surface area contributed by atoms with Gasteiger partial charge in [0.05, 0.1) is 18.4 Å². The Labute approximate surface area is 198 Å². The van der Waals surface area contributed by atoms with E-state index in [4.69, 9.17) is 9.47 Å². The first-order chi connectivity index (χ1) is 16.0. The molecule has 0 fully saturated rings. The monoisotopic (exact) mass is 462 g/mol. The number of esters is 1. The van der Waals surface area contributed by atoms with Crippen LogP contribution in [0.1, 0.15) is 27.0 Å². The summed E-state index contributed by atoms with van der Waals surface area (Å²) in [5, 5.41) is 0. The summed E-state index contributed by atoms with van der Waals surface area (Å²) in [6.07, 6.45) is 2.04. The minimum Gasteiger partial charge on any atom is -0.497 e. The van der Waals surface area contributed by atoms with Gasteiger partial charge in [0.2, 0.25) is 0 Å². The van der Waals surface area contributed by atoms with Crippen LogP contribution in [0, 0.1) is 0 Å². The number of carbonyl (C=O) groups excluding carboxylic acids is 2. The van der Waals surface area contributed by atoms with Crippen molar-refractivity contribution in [3.05, 3.63) is 89.0 Å². The maximum absolute atomic E-state index is 12.9. The minimum absolute atomic E-state index is 0.0650. The largest absolute Gasteiger partial charge is 0.497 e. The molecule has 1 heterocycles. The zero-order valence-electron chi connectivity index (χ0n) is 18.9. The highest BCUT2D eigenvalue weighted by Gasteiger charge is 2.28. The smallest absolute Gasteiger partial charge is 0.338 e. The summed E-state index contributed by atoms with van der Waals surface area (Å²) in [4.78, 5) is 30.2. The first kappa shape index (κ1) is 22.7. The number of anilines is 1. The summed E-state index contributed by atoms with van der Waals surface area (Å²) in [6.45, 7) is 1.09. The molecule has 0 unspecified atom stereocenters. The summed E-state index contributed by atoms with van der Waals surface area (Å²) in [5.74, 6) is 0.313. The van der Waals surface area contributed by atoms with E-state index in [1.807, 2.05) is 48.7 Å². The number of rotatable bonds is 7. The average molecular weight is 463 g/mol. The lowest BCUT2D eigenvalue weighted by Crippen LogP contribution is -2.44. The molecular formula is C26H26N2O4S. The van der Waals surface area contributed by atoms with Crippen molar-refractivity contribution in [2.45, 2.75) is 24.6 Å². The number of amides is 2. The highest BCUT2D eigenvalue weighted by atomic mass is 32.2. The van der Waals surface area contributed by atoms with Crippen molar-refractivity contribution in [3.8, 4) is 5.75 Å². The number of hydrogen-bond acceptors (Lipinski definition) is 5. The van der Waals surface area contributed by atoms with Gasteiger partial charge in [0.1, 0.15) is 12.4 Å². The number of fused-ring (bicyclic) bond motifs is 1. The zero-order chi connectivity index (χ0) is 23.4.